The van der Waals surface area contributed by atoms with Crippen molar-refractivity contribution in [2.24, 2.45) is 0 Å². The zero-order valence-electron chi connectivity index (χ0n) is 14.5. The van der Waals surface area contributed by atoms with E-state index in [9.17, 15) is 4.79 Å². The molecule has 4 rings (SSSR count). The zero-order valence-corrected chi connectivity index (χ0v) is 14.5. The molecule has 2 aromatic heterocycles. The summed E-state index contributed by atoms with van der Waals surface area (Å²) in [7, 11) is 0. The van der Waals surface area contributed by atoms with E-state index in [1.165, 1.54) is 5.56 Å². The first kappa shape index (κ1) is 15.6. The number of nitrogens with zero attached hydrogens (tertiary/aromatic N) is 5. The van der Waals surface area contributed by atoms with Crippen LogP contribution in [0.15, 0.2) is 48.8 Å². The average molecular weight is 335 g/mol. The minimum atomic E-state index is 0.101. The fourth-order valence-corrected chi connectivity index (χ4v) is 3.40. The van der Waals surface area contributed by atoms with Crippen molar-refractivity contribution < 1.29 is 4.79 Å². The summed E-state index contributed by atoms with van der Waals surface area (Å²) in [4.78, 5) is 14.7. The van der Waals surface area contributed by atoms with Crippen LogP contribution in [0.3, 0.4) is 0 Å². The predicted octanol–water partition coefficient (Wildman–Crippen LogP) is 2.44. The molecule has 1 amide bonds. The van der Waals surface area contributed by atoms with Gasteiger partial charge >= 0.3 is 0 Å². The summed E-state index contributed by atoms with van der Waals surface area (Å²) in [5, 5.41) is 7.84. The minimum Gasteiger partial charge on any atom is -0.344 e. The predicted molar refractivity (Wildman–Crippen MR) is 94.4 cm³/mol. The van der Waals surface area contributed by atoms with E-state index >= 15 is 0 Å². The molecule has 0 unspecified atom stereocenters. The summed E-state index contributed by atoms with van der Waals surface area (Å²) >= 11 is 0. The first-order valence-electron chi connectivity index (χ1n) is 8.49. The summed E-state index contributed by atoms with van der Waals surface area (Å²) < 4.78 is 4.03. The Balaban J connectivity index is 1.50. The van der Waals surface area contributed by atoms with E-state index in [-0.39, 0.29) is 11.9 Å². The van der Waals surface area contributed by atoms with Gasteiger partial charge in [-0.05, 0) is 25.5 Å². The van der Waals surface area contributed by atoms with Crippen molar-refractivity contribution in [2.75, 3.05) is 13.1 Å². The van der Waals surface area contributed by atoms with Crippen LogP contribution in [-0.2, 0) is 6.54 Å². The van der Waals surface area contributed by atoms with Crippen LogP contribution in [0.4, 0.5) is 0 Å². The number of carbonyl (C=O) groups is 1. The average Bonchev–Trinajstić information content (AvgIpc) is 3.18. The lowest BCUT2D eigenvalue weighted by Gasteiger charge is -2.38. The molecule has 1 aromatic carbocycles. The number of likely N-dealkylation sites (tertiary alicyclic amines) is 1. The van der Waals surface area contributed by atoms with Crippen molar-refractivity contribution in [3.63, 3.8) is 0 Å². The normalized spacial score (nSPS) is 14.6. The highest BCUT2D eigenvalue weighted by Crippen LogP contribution is 2.25. The van der Waals surface area contributed by atoms with E-state index in [0.29, 0.717) is 13.1 Å². The van der Waals surface area contributed by atoms with Crippen LogP contribution >= 0.6 is 0 Å². The van der Waals surface area contributed by atoms with Crippen LogP contribution in [0, 0.1) is 13.8 Å². The Morgan fingerprint density at radius 1 is 1.20 bits per heavy atom. The van der Waals surface area contributed by atoms with E-state index in [2.05, 4.69) is 33.9 Å². The van der Waals surface area contributed by atoms with E-state index in [1.807, 2.05) is 47.0 Å². The zero-order chi connectivity index (χ0) is 17.4. The largest absolute Gasteiger partial charge is 0.344 e. The highest BCUT2D eigenvalue weighted by Gasteiger charge is 2.34. The van der Waals surface area contributed by atoms with Crippen LogP contribution in [0.2, 0.25) is 0 Å². The van der Waals surface area contributed by atoms with E-state index < -0.39 is 0 Å². The van der Waals surface area contributed by atoms with Crippen LogP contribution in [0.1, 0.15) is 33.4 Å². The Morgan fingerprint density at radius 2 is 1.96 bits per heavy atom. The second kappa shape index (κ2) is 6.20. The van der Waals surface area contributed by atoms with Crippen LogP contribution in [-0.4, -0.2) is 43.5 Å². The number of amides is 1. The van der Waals surface area contributed by atoms with Crippen molar-refractivity contribution in [1.82, 2.24) is 24.5 Å². The molecule has 128 valence electrons. The molecule has 1 fully saturated rings. The molecule has 1 aliphatic rings. The molecule has 6 heteroatoms. The van der Waals surface area contributed by atoms with Crippen molar-refractivity contribution in [3.8, 4) is 0 Å². The van der Waals surface area contributed by atoms with Gasteiger partial charge in [0.1, 0.15) is 0 Å². The maximum Gasteiger partial charge on any atom is 0.255 e. The van der Waals surface area contributed by atoms with Crippen molar-refractivity contribution >= 4 is 5.91 Å². The fourth-order valence-electron chi connectivity index (χ4n) is 3.40. The summed E-state index contributed by atoms with van der Waals surface area (Å²) in [6.45, 7) is 6.24. The molecule has 0 radical (unpaired) electrons. The maximum absolute atomic E-state index is 12.8. The van der Waals surface area contributed by atoms with E-state index in [0.717, 1.165) is 23.5 Å². The molecule has 0 saturated carbocycles. The number of aromatic nitrogens is 4. The molecule has 1 aliphatic heterocycles. The Hall–Kier alpha value is -2.89. The lowest BCUT2D eigenvalue weighted by Crippen LogP contribution is -2.51. The standard InChI is InChI=1S/C19H21N5O/c1-14-10-18(15(2)23(14)11-16-6-4-3-5-7-16)19(25)22-12-17(13-22)24-9-8-20-21-24/h3-10,17H,11-13H2,1-2H3. The molecule has 6 nitrogen and oxygen atoms in total. The smallest absolute Gasteiger partial charge is 0.255 e. The molecular weight excluding hydrogens is 314 g/mol. The van der Waals surface area contributed by atoms with Gasteiger partial charge in [-0.2, -0.15) is 0 Å². The van der Waals surface area contributed by atoms with Gasteiger partial charge in [-0.3, -0.25) is 4.79 Å². The van der Waals surface area contributed by atoms with Gasteiger partial charge in [0.25, 0.3) is 5.91 Å². The summed E-state index contributed by atoms with van der Waals surface area (Å²) in [5.74, 6) is 0.101. The Kier molecular flexibility index (Phi) is 3.87. The highest BCUT2D eigenvalue weighted by molar-refractivity contribution is 5.96. The Bertz CT molecular complexity index is 876. The first-order valence-corrected chi connectivity index (χ1v) is 8.49. The number of aryl methyl sites for hydroxylation is 1. The van der Waals surface area contributed by atoms with Crippen molar-refractivity contribution in [3.05, 3.63) is 71.3 Å². The third-order valence-electron chi connectivity index (χ3n) is 4.95. The van der Waals surface area contributed by atoms with Gasteiger partial charge in [-0.1, -0.05) is 35.5 Å². The number of rotatable bonds is 4. The molecule has 3 heterocycles. The number of carbonyl (C=O) groups excluding carboxylic acids is 1. The number of benzene rings is 1. The Labute approximate surface area is 146 Å². The quantitative estimate of drug-likeness (QED) is 0.736. The second-order valence-corrected chi connectivity index (χ2v) is 6.60. The third-order valence-corrected chi connectivity index (χ3v) is 4.95. The second-order valence-electron chi connectivity index (χ2n) is 6.60. The molecule has 0 spiro atoms. The molecular formula is C19H21N5O. The summed E-state index contributed by atoms with van der Waals surface area (Å²) in [6, 6.07) is 12.6. The lowest BCUT2D eigenvalue weighted by molar-refractivity contribution is 0.0497. The topological polar surface area (TPSA) is 56.0 Å². The van der Waals surface area contributed by atoms with E-state index in [4.69, 9.17) is 0 Å². The maximum atomic E-state index is 12.8. The van der Waals surface area contributed by atoms with Gasteiger partial charge in [0.15, 0.2) is 0 Å². The molecule has 0 atom stereocenters. The number of hydrogen-bond donors (Lipinski definition) is 0. The van der Waals surface area contributed by atoms with Gasteiger partial charge in [-0.15, -0.1) is 5.10 Å². The molecule has 3 aromatic rings. The van der Waals surface area contributed by atoms with Gasteiger partial charge in [0.2, 0.25) is 0 Å². The summed E-state index contributed by atoms with van der Waals surface area (Å²) in [6.07, 6.45) is 3.51. The first-order chi connectivity index (χ1) is 12.1. The van der Waals surface area contributed by atoms with Gasteiger partial charge in [0, 0.05) is 37.2 Å². The third kappa shape index (κ3) is 2.84. The van der Waals surface area contributed by atoms with E-state index in [1.54, 1.807) is 6.20 Å². The molecule has 0 bridgehead atoms. The molecule has 0 aliphatic carbocycles. The van der Waals surface area contributed by atoms with Gasteiger partial charge in [0.05, 0.1) is 17.8 Å². The molecule has 25 heavy (non-hydrogen) atoms. The van der Waals surface area contributed by atoms with Crippen molar-refractivity contribution in [2.45, 2.75) is 26.4 Å². The SMILES string of the molecule is Cc1cc(C(=O)N2CC(n3ccnn3)C2)c(C)n1Cc1ccccc1. The highest BCUT2D eigenvalue weighted by atomic mass is 16.2. The number of hydrogen-bond acceptors (Lipinski definition) is 3. The minimum absolute atomic E-state index is 0.101. The van der Waals surface area contributed by atoms with Gasteiger partial charge in [-0.25, -0.2) is 4.68 Å². The van der Waals surface area contributed by atoms with Crippen molar-refractivity contribution in [1.29, 1.82) is 0 Å². The molecule has 0 N–H and O–H groups in total. The monoisotopic (exact) mass is 335 g/mol. The summed E-state index contributed by atoms with van der Waals surface area (Å²) in [5.41, 5.74) is 4.16. The lowest BCUT2D eigenvalue weighted by atomic mass is 10.1. The van der Waals surface area contributed by atoms with Gasteiger partial charge < -0.3 is 9.47 Å². The Morgan fingerprint density at radius 3 is 2.64 bits per heavy atom. The van der Waals surface area contributed by atoms with Crippen LogP contribution in [0.25, 0.3) is 0 Å². The molecule has 1 saturated heterocycles. The fraction of sp³-hybridized carbons (Fsp3) is 0.316. The van der Waals surface area contributed by atoms with Crippen LogP contribution < -0.4 is 0 Å². The van der Waals surface area contributed by atoms with Crippen LogP contribution in [0.5, 0.6) is 0 Å².